The van der Waals surface area contributed by atoms with Gasteiger partial charge in [0.2, 0.25) is 5.91 Å². The summed E-state index contributed by atoms with van der Waals surface area (Å²) in [6.07, 6.45) is 5.15. The van der Waals surface area contributed by atoms with Crippen LogP contribution in [-0.2, 0) is 9.59 Å². The van der Waals surface area contributed by atoms with Crippen molar-refractivity contribution >= 4 is 23.7 Å². The number of carbonyl (C=O) groups excluding carboxylic acids is 3. The van der Waals surface area contributed by atoms with Gasteiger partial charge in [0.15, 0.2) is 0 Å². The van der Waals surface area contributed by atoms with Gasteiger partial charge in [0.1, 0.15) is 17.9 Å². The first-order valence-electron chi connectivity index (χ1n) is 8.29. The SMILES string of the molecule is Cc1ccc(NC(=O)CN2C(=O)N[C@@]3(CCCC[C@@H]3C)C2=O)nc1. The Morgan fingerprint density at radius 2 is 2.21 bits per heavy atom. The van der Waals surface area contributed by atoms with Crippen LogP contribution >= 0.6 is 0 Å². The number of anilines is 1. The number of pyridine rings is 1. The summed E-state index contributed by atoms with van der Waals surface area (Å²) < 4.78 is 0. The van der Waals surface area contributed by atoms with Crippen molar-refractivity contribution in [1.82, 2.24) is 15.2 Å². The number of hydrogen-bond acceptors (Lipinski definition) is 4. The minimum Gasteiger partial charge on any atom is -0.323 e. The van der Waals surface area contributed by atoms with Gasteiger partial charge in [-0.05, 0) is 37.3 Å². The van der Waals surface area contributed by atoms with Crippen LogP contribution in [0, 0.1) is 12.8 Å². The van der Waals surface area contributed by atoms with Crippen molar-refractivity contribution in [2.75, 3.05) is 11.9 Å². The van der Waals surface area contributed by atoms with Crippen molar-refractivity contribution in [3.63, 3.8) is 0 Å². The number of hydrogen-bond donors (Lipinski definition) is 2. The fourth-order valence-electron chi connectivity index (χ4n) is 3.51. The smallest absolute Gasteiger partial charge is 0.323 e. The molecule has 2 aliphatic rings. The topological polar surface area (TPSA) is 91.4 Å². The molecule has 1 saturated heterocycles. The summed E-state index contributed by atoms with van der Waals surface area (Å²) in [4.78, 5) is 42.3. The number of imide groups is 1. The third-order valence-corrected chi connectivity index (χ3v) is 4.98. The summed E-state index contributed by atoms with van der Waals surface area (Å²) >= 11 is 0. The van der Waals surface area contributed by atoms with E-state index < -0.39 is 17.5 Å². The van der Waals surface area contributed by atoms with E-state index in [0.717, 1.165) is 29.7 Å². The molecule has 0 aromatic carbocycles. The van der Waals surface area contributed by atoms with E-state index in [9.17, 15) is 14.4 Å². The van der Waals surface area contributed by atoms with Crippen LogP contribution in [0.2, 0.25) is 0 Å². The molecule has 2 N–H and O–H groups in total. The zero-order chi connectivity index (χ0) is 17.3. The molecule has 3 rings (SSSR count). The molecular formula is C17H22N4O3. The van der Waals surface area contributed by atoms with Gasteiger partial charge in [-0.3, -0.25) is 14.5 Å². The molecule has 1 aromatic rings. The molecule has 24 heavy (non-hydrogen) atoms. The number of nitrogens with zero attached hydrogens (tertiary/aromatic N) is 2. The van der Waals surface area contributed by atoms with Crippen molar-refractivity contribution in [3.8, 4) is 0 Å². The van der Waals surface area contributed by atoms with E-state index in [2.05, 4.69) is 15.6 Å². The molecule has 2 fully saturated rings. The van der Waals surface area contributed by atoms with Gasteiger partial charge in [0.25, 0.3) is 5.91 Å². The summed E-state index contributed by atoms with van der Waals surface area (Å²) in [5, 5.41) is 5.45. The highest BCUT2D eigenvalue weighted by Crippen LogP contribution is 2.38. The maximum Gasteiger partial charge on any atom is 0.325 e. The number of nitrogens with one attached hydrogen (secondary N) is 2. The fourth-order valence-corrected chi connectivity index (χ4v) is 3.51. The van der Waals surface area contributed by atoms with Crippen molar-refractivity contribution in [3.05, 3.63) is 23.9 Å². The van der Waals surface area contributed by atoms with Gasteiger partial charge in [0, 0.05) is 6.20 Å². The first-order valence-corrected chi connectivity index (χ1v) is 8.29. The molecule has 4 amide bonds. The highest BCUT2D eigenvalue weighted by Gasteiger charge is 2.55. The number of carbonyl (C=O) groups is 3. The molecule has 1 aromatic heterocycles. The van der Waals surface area contributed by atoms with Crippen LogP contribution in [-0.4, -0.2) is 39.8 Å². The molecule has 2 atom stereocenters. The monoisotopic (exact) mass is 330 g/mol. The van der Waals surface area contributed by atoms with E-state index in [-0.39, 0.29) is 18.4 Å². The summed E-state index contributed by atoms with van der Waals surface area (Å²) in [5.41, 5.74) is 0.146. The molecule has 1 spiro atoms. The van der Waals surface area contributed by atoms with E-state index in [1.54, 1.807) is 12.3 Å². The van der Waals surface area contributed by atoms with Gasteiger partial charge in [0.05, 0.1) is 0 Å². The number of urea groups is 1. The van der Waals surface area contributed by atoms with Crippen LogP contribution in [0.3, 0.4) is 0 Å². The molecule has 0 bridgehead atoms. The predicted octanol–water partition coefficient (Wildman–Crippen LogP) is 1.83. The maximum absolute atomic E-state index is 12.8. The second-order valence-corrected chi connectivity index (χ2v) is 6.71. The summed E-state index contributed by atoms with van der Waals surface area (Å²) in [6.45, 7) is 3.59. The highest BCUT2D eigenvalue weighted by molar-refractivity contribution is 6.10. The van der Waals surface area contributed by atoms with Crippen LogP contribution in [0.5, 0.6) is 0 Å². The average molecular weight is 330 g/mol. The third-order valence-electron chi connectivity index (χ3n) is 4.98. The molecule has 1 aliphatic heterocycles. The van der Waals surface area contributed by atoms with Crippen LogP contribution in [0.25, 0.3) is 0 Å². The van der Waals surface area contributed by atoms with Crippen molar-refractivity contribution < 1.29 is 14.4 Å². The van der Waals surface area contributed by atoms with Gasteiger partial charge < -0.3 is 10.6 Å². The third kappa shape index (κ3) is 2.86. The summed E-state index contributed by atoms with van der Waals surface area (Å²) in [5.74, 6) is -0.241. The molecular weight excluding hydrogens is 308 g/mol. The Balaban J connectivity index is 1.68. The number of aromatic nitrogens is 1. The Morgan fingerprint density at radius 1 is 1.42 bits per heavy atom. The van der Waals surface area contributed by atoms with E-state index in [4.69, 9.17) is 0 Å². The zero-order valence-corrected chi connectivity index (χ0v) is 14.0. The van der Waals surface area contributed by atoms with Crippen molar-refractivity contribution in [2.24, 2.45) is 5.92 Å². The van der Waals surface area contributed by atoms with Crippen LogP contribution in [0.4, 0.5) is 10.6 Å². The lowest BCUT2D eigenvalue weighted by molar-refractivity contribution is -0.136. The number of aryl methyl sites for hydroxylation is 1. The Hall–Kier alpha value is -2.44. The van der Waals surface area contributed by atoms with Crippen LogP contribution in [0.15, 0.2) is 18.3 Å². The molecule has 0 unspecified atom stereocenters. The number of rotatable bonds is 3. The molecule has 1 saturated carbocycles. The Labute approximate surface area is 140 Å². The second kappa shape index (κ2) is 6.22. The lowest BCUT2D eigenvalue weighted by Gasteiger charge is -2.36. The van der Waals surface area contributed by atoms with Crippen LogP contribution < -0.4 is 10.6 Å². The maximum atomic E-state index is 12.8. The largest absolute Gasteiger partial charge is 0.325 e. The van der Waals surface area contributed by atoms with Crippen molar-refractivity contribution in [2.45, 2.75) is 45.1 Å². The minimum atomic E-state index is -0.836. The lowest BCUT2D eigenvalue weighted by atomic mass is 9.73. The van der Waals surface area contributed by atoms with Crippen LogP contribution in [0.1, 0.15) is 38.2 Å². The predicted molar refractivity (Wildman–Crippen MR) is 88.2 cm³/mol. The first-order chi connectivity index (χ1) is 11.4. The Kier molecular flexibility index (Phi) is 4.26. The van der Waals surface area contributed by atoms with E-state index in [0.29, 0.717) is 12.2 Å². The van der Waals surface area contributed by atoms with Gasteiger partial charge in [-0.1, -0.05) is 25.8 Å². The molecule has 0 radical (unpaired) electrons. The second-order valence-electron chi connectivity index (χ2n) is 6.71. The van der Waals surface area contributed by atoms with Gasteiger partial charge in [-0.15, -0.1) is 0 Å². The molecule has 7 heteroatoms. The van der Waals surface area contributed by atoms with Gasteiger partial charge in [-0.25, -0.2) is 9.78 Å². The first kappa shape index (κ1) is 16.4. The molecule has 1 aliphatic carbocycles. The van der Waals surface area contributed by atoms with E-state index in [1.807, 2.05) is 19.9 Å². The molecule has 2 heterocycles. The Morgan fingerprint density at radius 3 is 2.88 bits per heavy atom. The Bertz CT molecular complexity index is 673. The average Bonchev–Trinajstić information content (AvgIpc) is 2.78. The van der Waals surface area contributed by atoms with Gasteiger partial charge in [-0.2, -0.15) is 0 Å². The quantitative estimate of drug-likeness (QED) is 0.827. The highest BCUT2D eigenvalue weighted by atomic mass is 16.2. The van der Waals surface area contributed by atoms with E-state index >= 15 is 0 Å². The summed E-state index contributed by atoms with van der Waals surface area (Å²) in [7, 11) is 0. The standard InChI is InChI=1S/C17H22N4O3/c1-11-6-7-13(18-9-11)19-14(22)10-21-15(23)17(20-16(21)24)8-4-3-5-12(17)2/h6-7,9,12H,3-5,8,10H2,1-2H3,(H,20,24)(H,18,19,22)/t12-,17+/m0/s1. The molecule has 7 nitrogen and oxygen atoms in total. The fraction of sp³-hybridized carbons (Fsp3) is 0.529. The summed E-state index contributed by atoms with van der Waals surface area (Å²) in [6, 6.07) is 3.03. The normalized spacial score (nSPS) is 26.6. The van der Waals surface area contributed by atoms with E-state index in [1.165, 1.54) is 0 Å². The zero-order valence-electron chi connectivity index (χ0n) is 14.0. The number of amides is 4. The van der Waals surface area contributed by atoms with Gasteiger partial charge >= 0.3 is 6.03 Å². The lowest BCUT2D eigenvalue weighted by Crippen LogP contribution is -2.54. The molecule has 128 valence electrons. The minimum absolute atomic E-state index is 0.0783. The van der Waals surface area contributed by atoms with Crippen molar-refractivity contribution in [1.29, 1.82) is 0 Å².